The van der Waals surface area contributed by atoms with Gasteiger partial charge in [-0.05, 0) is 72.4 Å². The maximum atomic E-state index is 16.1. The minimum absolute atomic E-state index is 0.0196. The average molecular weight is 1000 g/mol. The van der Waals surface area contributed by atoms with E-state index in [0.29, 0.717) is 5.69 Å². The van der Waals surface area contributed by atoms with Crippen LogP contribution in [0, 0.1) is 28.4 Å². The van der Waals surface area contributed by atoms with Crippen LogP contribution >= 0.6 is 23.2 Å². The third kappa shape index (κ3) is 10.6. The van der Waals surface area contributed by atoms with Gasteiger partial charge in [0.2, 0.25) is 17.7 Å². The van der Waals surface area contributed by atoms with Crippen molar-refractivity contribution < 1.29 is 51.8 Å². The van der Waals surface area contributed by atoms with Gasteiger partial charge in [0.25, 0.3) is 17.7 Å². The summed E-state index contributed by atoms with van der Waals surface area (Å²) in [5.41, 5.74) is -1.32. The molecular formula is C50H51Cl2F2N7O9. The molecule has 2 saturated heterocycles. The molecule has 70 heavy (non-hydrogen) atoms. The van der Waals surface area contributed by atoms with Gasteiger partial charge in [0.1, 0.15) is 28.8 Å². The zero-order valence-corrected chi connectivity index (χ0v) is 40.2. The molecule has 3 aliphatic rings. The molecule has 2 fully saturated rings. The number of anilines is 2. The molecule has 0 aliphatic carbocycles. The summed E-state index contributed by atoms with van der Waals surface area (Å²) in [6.07, 6.45) is 0.351. The van der Waals surface area contributed by atoms with Gasteiger partial charge in [0, 0.05) is 53.3 Å². The number of rotatable bonds is 18. The molecule has 0 radical (unpaired) electrons. The van der Waals surface area contributed by atoms with E-state index in [4.69, 9.17) is 37.4 Å². The Kier molecular flexibility index (Phi) is 15.9. The second-order valence-electron chi connectivity index (χ2n) is 18.2. The number of nitrogens with zero attached hydrogens (tertiary/aromatic N) is 2. The molecule has 368 valence electrons. The van der Waals surface area contributed by atoms with Crippen molar-refractivity contribution in [2.24, 2.45) is 5.41 Å². The van der Waals surface area contributed by atoms with Crippen molar-refractivity contribution in [1.29, 1.82) is 5.26 Å². The van der Waals surface area contributed by atoms with Crippen LogP contribution in [0.25, 0.3) is 0 Å². The number of fused-ring (bicyclic) bond motifs is 1. The number of hydrogen-bond donors (Lipinski definition) is 5. The first-order valence-electron chi connectivity index (χ1n) is 22.5. The minimum Gasteiger partial charge on any atom is -0.495 e. The Morgan fingerprint density at radius 3 is 2.33 bits per heavy atom. The largest absolute Gasteiger partial charge is 0.495 e. The highest BCUT2D eigenvalue weighted by Crippen LogP contribution is 2.53. The number of carbonyl (C=O) groups is 6. The normalized spacial score (nSPS) is 21.0. The predicted molar refractivity (Wildman–Crippen MR) is 255 cm³/mol. The summed E-state index contributed by atoms with van der Waals surface area (Å²) in [4.78, 5) is 79.0. The Balaban J connectivity index is 0.921. The van der Waals surface area contributed by atoms with Crippen LogP contribution in [0.15, 0.2) is 72.8 Å². The fourth-order valence-electron chi connectivity index (χ4n) is 9.28. The zero-order valence-electron chi connectivity index (χ0n) is 38.7. The Labute approximate surface area is 412 Å². The minimum atomic E-state index is -1.83. The summed E-state index contributed by atoms with van der Waals surface area (Å²) in [5, 5.41) is 25.1. The quantitative estimate of drug-likeness (QED) is 0.0532. The first-order chi connectivity index (χ1) is 33.4. The molecule has 5 atom stereocenters. The maximum Gasteiger partial charge on any atom is 0.264 e. The molecule has 0 spiro atoms. The van der Waals surface area contributed by atoms with Gasteiger partial charge in [-0.2, -0.15) is 5.26 Å². The molecule has 16 nitrogen and oxygen atoms in total. The average Bonchev–Trinajstić information content (AvgIpc) is 3.77. The van der Waals surface area contributed by atoms with Crippen molar-refractivity contribution >= 4 is 70.0 Å². The highest BCUT2D eigenvalue weighted by molar-refractivity contribution is 6.31. The van der Waals surface area contributed by atoms with Gasteiger partial charge in [0.15, 0.2) is 0 Å². The number of imide groups is 2. The van der Waals surface area contributed by atoms with Crippen LogP contribution in [0.1, 0.15) is 88.2 Å². The van der Waals surface area contributed by atoms with E-state index in [1.165, 1.54) is 61.7 Å². The number of nitrogens with one attached hydrogen (secondary N) is 5. The van der Waals surface area contributed by atoms with Crippen molar-refractivity contribution in [3.05, 3.63) is 122 Å². The SMILES string of the molecule is COc1cc(C(=O)NCCOCCOCCNc2cccc3c2C(=O)N(C2CCC(=O)NC2=O)C3=O)ccc1NC(=O)[C@H]1NC(CC(C)(C)C)C(C#N)(c2ccc(Cl)cc2F)C1c1cccc(Cl)c1F. The van der Waals surface area contributed by atoms with Crippen LogP contribution in [-0.4, -0.2) is 105 Å². The van der Waals surface area contributed by atoms with Crippen molar-refractivity contribution in [3.8, 4) is 11.8 Å². The summed E-state index contributed by atoms with van der Waals surface area (Å²) in [6.45, 7) is 7.02. The van der Waals surface area contributed by atoms with E-state index in [-0.39, 0.29) is 108 Å². The van der Waals surface area contributed by atoms with Crippen molar-refractivity contribution in [2.75, 3.05) is 57.3 Å². The number of amides is 6. The topological polar surface area (TPSA) is 217 Å². The Hall–Kier alpha value is -6.49. The van der Waals surface area contributed by atoms with Crippen molar-refractivity contribution in [2.45, 2.75) is 69.5 Å². The monoisotopic (exact) mass is 1000 g/mol. The molecule has 0 saturated carbocycles. The number of ether oxygens (including phenoxy) is 3. The van der Waals surface area contributed by atoms with E-state index < -0.39 is 82.0 Å². The van der Waals surface area contributed by atoms with Gasteiger partial charge >= 0.3 is 0 Å². The van der Waals surface area contributed by atoms with Gasteiger partial charge in [-0.3, -0.25) is 39.0 Å². The molecule has 4 unspecified atom stereocenters. The molecule has 3 heterocycles. The lowest BCUT2D eigenvalue weighted by atomic mass is 9.62. The van der Waals surface area contributed by atoms with Crippen LogP contribution < -0.4 is 31.3 Å². The molecule has 0 aromatic heterocycles. The van der Waals surface area contributed by atoms with E-state index in [0.717, 1.165) is 11.0 Å². The number of benzene rings is 4. The Morgan fingerprint density at radius 1 is 0.914 bits per heavy atom. The molecule has 5 N–H and O–H groups in total. The second-order valence-corrected chi connectivity index (χ2v) is 19.0. The number of halogens is 4. The lowest BCUT2D eigenvalue weighted by molar-refractivity contribution is -0.136. The van der Waals surface area contributed by atoms with Gasteiger partial charge in [0.05, 0.1) is 67.5 Å². The van der Waals surface area contributed by atoms with E-state index in [2.05, 4.69) is 32.7 Å². The van der Waals surface area contributed by atoms with Crippen molar-refractivity contribution in [3.63, 3.8) is 0 Å². The van der Waals surface area contributed by atoms with E-state index in [1.807, 2.05) is 20.8 Å². The first kappa shape index (κ1) is 51.4. The Bertz CT molecular complexity index is 2770. The third-order valence-electron chi connectivity index (χ3n) is 12.4. The fraction of sp³-hybridized carbons (Fsp3) is 0.380. The zero-order chi connectivity index (χ0) is 50.5. The van der Waals surface area contributed by atoms with Gasteiger partial charge in [-0.25, -0.2) is 8.78 Å². The van der Waals surface area contributed by atoms with Crippen molar-refractivity contribution in [1.82, 2.24) is 20.9 Å². The van der Waals surface area contributed by atoms with Crippen LogP contribution in [0.3, 0.4) is 0 Å². The molecule has 4 aromatic rings. The molecule has 3 aliphatic heterocycles. The van der Waals surface area contributed by atoms with Crippen LogP contribution in [0.5, 0.6) is 5.75 Å². The fourth-order valence-corrected chi connectivity index (χ4v) is 9.62. The standard InChI is InChI=1S/C50H51Cl2F2N7O9/c1-49(2,3)25-38-50(26-55,31-13-12-28(51)24-33(31)53)41(30-8-5-9-32(52)42(30)54)43(59-38)46(65)58-34-14-11-27(23-37(34)68-4)44(63)57-18-20-70-22-21-69-19-17-56-35-10-6-7-29-40(35)48(67)61(47(29)66)36-15-16-39(62)60-45(36)64/h5-14,23-24,36,38,41,43,56,59H,15-22,25H2,1-4H3,(H,57,63)(H,58,65)(H,60,62,64)/t36?,38?,41?,43-,50?/m0/s1. The van der Waals surface area contributed by atoms with Gasteiger partial charge < -0.3 is 35.5 Å². The van der Waals surface area contributed by atoms with Crippen LogP contribution in [0.2, 0.25) is 10.0 Å². The first-order valence-corrected chi connectivity index (χ1v) is 23.2. The summed E-state index contributed by atoms with van der Waals surface area (Å²) in [5.74, 6) is -6.33. The maximum absolute atomic E-state index is 16.1. The second kappa shape index (κ2) is 21.7. The molecule has 6 amide bonds. The summed E-state index contributed by atoms with van der Waals surface area (Å²) in [7, 11) is 1.36. The molecular weight excluding hydrogens is 951 g/mol. The molecule has 20 heteroatoms. The summed E-state index contributed by atoms with van der Waals surface area (Å²) in [6, 6.07) is 16.4. The predicted octanol–water partition coefficient (Wildman–Crippen LogP) is 6.52. The summed E-state index contributed by atoms with van der Waals surface area (Å²) >= 11 is 12.4. The van der Waals surface area contributed by atoms with E-state index in [9.17, 15) is 34.0 Å². The van der Waals surface area contributed by atoms with Crippen LogP contribution in [-0.2, 0) is 29.3 Å². The molecule has 7 rings (SSSR count). The highest BCUT2D eigenvalue weighted by Gasteiger charge is 2.61. The third-order valence-corrected chi connectivity index (χ3v) is 12.9. The number of carbonyl (C=O) groups excluding carboxylic acids is 6. The number of methoxy groups -OCH3 is 1. The van der Waals surface area contributed by atoms with Gasteiger partial charge in [-0.1, -0.05) is 68.2 Å². The number of piperidine rings is 1. The van der Waals surface area contributed by atoms with Crippen LogP contribution in [0.4, 0.5) is 20.2 Å². The molecule has 4 aromatic carbocycles. The van der Waals surface area contributed by atoms with E-state index in [1.54, 1.807) is 12.1 Å². The lowest BCUT2D eigenvalue weighted by Gasteiger charge is -2.37. The van der Waals surface area contributed by atoms with Gasteiger partial charge in [-0.15, -0.1) is 0 Å². The summed E-state index contributed by atoms with van der Waals surface area (Å²) < 4.78 is 49.0. The number of hydrogen-bond acceptors (Lipinski definition) is 12. The molecule has 0 bridgehead atoms. The smallest absolute Gasteiger partial charge is 0.264 e. The highest BCUT2D eigenvalue weighted by atomic mass is 35.5. The lowest BCUT2D eigenvalue weighted by Crippen LogP contribution is -2.54. The Morgan fingerprint density at radius 2 is 1.64 bits per heavy atom. The number of nitriles is 1. The van der Waals surface area contributed by atoms with E-state index >= 15 is 8.78 Å².